The van der Waals surface area contributed by atoms with Crippen LogP contribution in [0.25, 0.3) is 0 Å². The zero-order valence-electron chi connectivity index (χ0n) is 20.9. The van der Waals surface area contributed by atoms with E-state index in [9.17, 15) is 4.79 Å². The van der Waals surface area contributed by atoms with Gasteiger partial charge in [-0.3, -0.25) is 14.9 Å². The monoisotopic (exact) mass is 444 g/mol. The first-order valence-corrected chi connectivity index (χ1v) is 12.1. The van der Waals surface area contributed by atoms with Gasteiger partial charge in [-0.25, -0.2) is 4.79 Å². The van der Waals surface area contributed by atoms with Crippen LogP contribution < -0.4 is 5.32 Å². The lowest BCUT2D eigenvalue weighted by Crippen LogP contribution is -2.32. The van der Waals surface area contributed by atoms with E-state index in [2.05, 4.69) is 45.3 Å². The van der Waals surface area contributed by atoms with Gasteiger partial charge in [-0.1, -0.05) is 44.7 Å². The molecule has 0 aromatic carbocycles. The highest BCUT2D eigenvalue weighted by Gasteiger charge is 2.15. The maximum absolute atomic E-state index is 11.6. The number of ether oxygens (including phenoxy) is 1. The number of aliphatic imine (C=N–C) groups is 1. The molecule has 1 rings (SSSR count). The molecule has 0 saturated carbocycles. The molecule has 180 valence electrons. The molecule has 0 radical (unpaired) electrons. The van der Waals surface area contributed by atoms with Gasteiger partial charge in [0.1, 0.15) is 5.60 Å². The number of carbonyl (C=O) groups is 1. The number of pyridine rings is 1. The van der Waals surface area contributed by atoms with Crippen molar-refractivity contribution in [1.29, 1.82) is 0 Å². The standard InChI is InChI=1S/C26H44N4O2/c1-6-7-16-23(27-5)21-30(22-24-17-12-14-18-28-24)20-15-11-9-8-10-13-19-29-25(31)32-26(2,3)4/h7,12,14,16-18H,6,8-11,13,15,19-22H2,1-5H3,(H,29,31)/b16-7-,27-23?. The SMILES string of the molecule is CC/C=C\C(CN(CCCCCCCCNC(=O)OC(C)(C)C)Cc1ccccn1)=NC. The van der Waals surface area contributed by atoms with Crippen LogP contribution in [-0.2, 0) is 11.3 Å². The third-order valence-electron chi connectivity index (χ3n) is 4.90. The molecular weight excluding hydrogens is 400 g/mol. The first kappa shape index (κ1) is 27.8. The van der Waals surface area contributed by atoms with E-state index in [0.29, 0.717) is 6.54 Å². The van der Waals surface area contributed by atoms with Gasteiger partial charge in [-0.15, -0.1) is 0 Å². The summed E-state index contributed by atoms with van der Waals surface area (Å²) in [6.07, 6.45) is 13.8. The highest BCUT2D eigenvalue weighted by molar-refractivity contribution is 5.96. The van der Waals surface area contributed by atoms with Crippen molar-refractivity contribution in [3.63, 3.8) is 0 Å². The van der Waals surface area contributed by atoms with Crippen molar-refractivity contribution < 1.29 is 9.53 Å². The van der Waals surface area contributed by atoms with E-state index >= 15 is 0 Å². The fourth-order valence-corrected chi connectivity index (χ4v) is 3.29. The molecule has 1 aromatic rings. The van der Waals surface area contributed by atoms with Gasteiger partial charge in [0.05, 0.1) is 5.69 Å². The minimum Gasteiger partial charge on any atom is -0.444 e. The van der Waals surface area contributed by atoms with Crippen LogP contribution in [0.2, 0.25) is 0 Å². The molecule has 0 aliphatic carbocycles. The molecule has 0 saturated heterocycles. The minimum atomic E-state index is -0.440. The van der Waals surface area contributed by atoms with Gasteiger partial charge in [0.2, 0.25) is 0 Å². The first-order valence-electron chi connectivity index (χ1n) is 12.1. The van der Waals surface area contributed by atoms with E-state index in [1.165, 1.54) is 19.3 Å². The summed E-state index contributed by atoms with van der Waals surface area (Å²) in [5, 5.41) is 2.83. The number of amides is 1. The van der Waals surface area contributed by atoms with E-state index in [0.717, 1.165) is 56.7 Å². The van der Waals surface area contributed by atoms with E-state index < -0.39 is 5.60 Å². The smallest absolute Gasteiger partial charge is 0.407 e. The number of hydrogen-bond donors (Lipinski definition) is 1. The summed E-state index contributed by atoms with van der Waals surface area (Å²) in [5.74, 6) is 0. The summed E-state index contributed by atoms with van der Waals surface area (Å²) >= 11 is 0. The molecule has 0 unspecified atom stereocenters. The lowest BCUT2D eigenvalue weighted by Gasteiger charge is -2.22. The third-order valence-corrected chi connectivity index (χ3v) is 4.90. The second kappa shape index (κ2) is 16.4. The molecule has 0 aliphatic heterocycles. The van der Waals surface area contributed by atoms with Gasteiger partial charge in [-0.05, 0) is 64.8 Å². The van der Waals surface area contributed by atoms with Crippen molar-refractivity contribution in [2.45, 2.75) is 84.8 Å². The highest BCUT2D eigenvalue weighted by Crippen LogP contribution is 2.10. The molecule has 1 aromatic heterocycles. The Morgan fingerprint density at radius 3 is 2.50 bits per heavy atom. The van der Waals surface area contributed by atoms with Crippen LogP contribution in [0.3, 0.4) is 0 Å². The number of allylic oxidation sites excluding steroid dienone is 1. The first-order chi connectivity index (χ1) is 15.3. The average Bonchev–Trinajstić information content (AvgIpc) is 2.74. The number of nitrogens with zero attached hydrogens (tertiary/aromatic N) is 3. The van der Waals surface area contributed by atoms with Crippen LogP contribution in [-0.4, -0.2) is 54.0 Å². The molecule has 0 fully saturated rings. The van der Waals surface area contributed by atoms with Crippen molar-refractivity contribution in [2.24, 2.45) is 4.99 Å². The Kier molecular flexibility index (Phi) is 14.3. The molecule has 1 heterocycles. The van der Waals surface area contributed by atoms with Crippen molar-refractivity contribution in [2.75, 3.05) is 26.7 Å². The fourth-order valence-electron chi connectivity index (χ4n) is 3.29. The predicted octanol–water partition coefficient (Wildman–Crippen LogP) is 5.79. The van der Waals surface area contributed by atoms with E-state index in [4.69, 9.17) is 4.74 Å². The van der Waals surface area contributed by atoms with Crippen LogP contribution in [0.1, 0.15) is 78.3 Å². The molecule has 0 spiro atoms. The molecule has 1 N–H and O–H groups in total. The largest absolute Gasteiger partial charge is 0.444 e. The van der Waals surface area contributed by atoms with Crippen LogP contribution in [0.15, 0.2) is 41.5 Å². The zero-order valence-corrected chi connectivity index (χ0v) is 20.9. The average molecular weight is 445 g/mol. The van der Waals surface area contributed by atoms with Gasteiger partial charge in [0.25, 0.3) is 0 Å². The van der Waals surface area contributed by atoms with Crippen LogP contribution in [0, 0.1) is 0 Å². The van der Waals surface area contributed by atoms with Gasteiger partial charge >= 0.3 is 6.09 Å². The van der Waals surface area contributed by atoms with E-state index in [1.807, 2.05) is 46.1 Å². The summed E-state index contributed by atoms with van der Waals surface area (Å²) < 4.78 is 5.25. The van der Waals surface area contributed by atoms with Crippen molar-refractivity contribution in [3.05, 3.63) is 42.2 Å². The Bertz CT molecular complexity index is 681. The number of unbranched alkanes of at least 4 members (excludes halogenated alkanes) is 5. The summed E-state index contributed by atoms with van der Waals surface area (Å²) in [7, 11) is 1.87. The molecule has 0 aliphatic rings. The third kappa shape index (κ3) is 14.7. The minimum absolute atomic E-state index is 0.325. The summed E-state index contributed by atoms with van der Waals surface area (Å²) in [6.45, 7) is 11.2. The topological polar surface area (TPSA) is 66.8 Å². The molecular formula is C26H44N4O2. The molecule has 1 amide bonds. The van der Waals surface area contributed by atoms with Gasteiger partial charge < -0.3 is 10.1 Å². The maximum Gasteiger partial charge on any atom is 0.407 e. The van der Waals surface area contributed by atoms with E-state index in [1.54, 1.807) is 0 Å². The van der Waals surface area contributed by atoms with Gasteiger partial charge in [0.15, 0.2) is 0 Å². The molecule has 0 atom stereocenters. The van der Waals surface area contributed by atoms with E-state index in [-0.39, 0.29) is 6.09 Å². The number of aromatic nitrogens is 1. The van der Waals surface area contributed by atoms with Gasteiger partial charge in [0, 0.05) is 38.6 Å². The quantitative estimate of drug-likeness (QED) is 0.275. The van der Waals surface area contributed by atoms with Crippen molar-refractivity contribution in [3.8, 4) is 0 Å². The lowest BCUT2D eigenvalue weighted by atomic mass is 10.1. The summed E-state index contributed by atoms with van der Waals surface area (Å²) in [5.41, 5.74) is 1.77. The van der Waals surface area contributed by atoms with Crippen LogP contribution in [0.5, 0.6) is 0 Å². The molecule has 0 bridgehead atoms. The maximum atomic E-state index is 11.6. The Labute approximate surface area is 195 Å². The lowest BCUT2D eigenvalue weighted by molar-refractivity contribution is 0.0527. The number of alkyl carbamates (subject to hydrolysis) is 1. The Morgan fingerprint density at radius 2 is 1.88 bits per heavy atom. The molecule has 6 heteroatoms. The Balaban J connectivity index is 2.28. The Hall–Kier alpha value is -2.21. The van der Waals surface area contributed by atoms with Crippen molar-refractivity contribution in [1.82, 2.24) is 15.2 Å². The number of nitrogens with one attached hydrogen (secondary N) is 1. The summed E-state index contributed by atoms with van der Waals surface area (Å²) in [4.78, 5) is 23.0. The number of hydrogen-bond acceptors (Lipinski definition) is 5. The molecule has 6 nitrogen and oxygen atoms in total. The zero-order chi connectivity index (χ0) is 23.7. The molecule has 32 heavy (non-hydrogen) atoms. The number of carbonyl (C=O) groups excluding carboxylic acids is 1. The van der Waals surface area contributed by atoms with Crippen LogP contribution in [0.4, 0.5) is 4.79 Å². The number of rotatable bonds is 15. The van der Waals surface area contributed by atoms with Gasteiger partial charge in [-0.2, -0.15) is 0 Å². The fraction of sp³-hybridized carbons (Fsp3) is 0.654. The highest BCUT2D eigenvalue weighted by atomic mass is 16.6. The summed E-state index contributed by atoms with van der Waals surface area (Å²) in [6, 6.07) is 6.09. The Morgan fingerprint density at radius 1 is 1.16 bits per heavy atom. The second-order valence-corrected chi connectivity index (χ2v) is 9.11. The predicted molar refractivity (Wildman–Crippen MR) is 134 cm³/mol. The normalized spacial score (nSPS) is 12.5. The van der Waals surface area contributed by atoms with Crippen LogP contribution >= 0.6 is 0 Å². The van der Waals surface area contributed by atoms with Crippen molar-refractivity contribution >= 4 is 11.8 Å². The second-order valence-electron chi connectivity index (χ2n) is 9.11.